The molecule has 1 aromatic heterocycles. The van der Waals surface area contributed by atoms with Crippen LogP contribution in [0.2, 0.25) is 0 Å². The number of unbranched alkanes of at least 4 members (excludes halogenated alkanes) is 4. The molecule has 1 aromatic rings. The number of alkyl halides is 5. The topological polar surface area (TPSA) is 8.81 Å². The molecule has 0 atom stereocenters. The van der Waals surface area contributed by atoms with Crippen LogP contribution in [0.1, 0.15) is 44.9 Å². The molecule has 11 heteroatoms. The fourth-order valence-corrected chi connectivity index (χ4v) is 1.91. The number of hydrogen-bond acceptors (Lipinski definition) is 0. The van der Waals surface area contributed by atoms with Crippen LogP contribution in [0.5, 0.6) is 0 Å². The van der Waals surface area contributed by atoms with E-state index in [1.807, 2.05) is 0 Å². The molecule has 0 spiro atoms. The Morgan fingerprint density at radius 3 is 1.84 bits per heavy atom. The van der Waals surface area contributed by atoms with Crippen molar-refractivity contribution in [1.29, 1.82) is 0 Å². The average Bonchev–Trinajstić information content (AvgIpc) is 2.77. The third-order valence-electron chi connectivity index (χ3n) is 3.69. The molecule has 0 saturated heterocycles. The zero-order chi connectivity index (χ0) is 19.9. The minimum Gasteiger partial charge on any atom is -0.445 e. The van der Waals surface area contributed by atoms with E-state index in [-0.39, 0.29) is 0 Å². The normalized spacial score (nSPS) is 12.8. The molecule has 25 heavy (non-hydrogen) atoms. The highest BCUT2D eigenvalue weighted by atomic mass is 19.4. The second kappa shape index (κ2) is 9.42. The summed E-state index contributed by atoms with van der Waals surface area (Å²) in [6, 6.07) is 0. The van der Waals surface area contributed by atoms with Gasteiger partial charge in [0, 0.05) is 6.92 Å². The Balaban J connectivity index is 0.000000477. The van der Waals surface area contributed by atoms with Gasteiger partial charge in [-0.25, -0.2) is 17.9 Å². The Kier molecular flexibility index (Phi) is 8.94. The fraction of sp³-hybridized carbons (Fsp3) is 0.786. The molecule has 0 amide bonds. The van der Waals surface area contributed by atoms with Crippen LogP contribution < -0.4 is 4.57 Å². The highest BCUT2D eigenvalue weighted by molar-refractivity contribution is 6.61. The van der Waals surface area contributed by atoms with E-state index in [4.69, 9.17) is 0 Å². The van der Waals surface area contributed by atoms with E-state index < -0.39 is 19.0 Å². The maximum absolute atomic E-state index is 11.2. The SMILES string of the molecule is CCCCCCCn1cc[n+](C)c1C.F[B-](F)(F)C(F)(F)C(F)(F)F. The van der Waals surface area contributed by atoms with Crippen molar-refractivity contribution in [3.8, 4) is 0 Å². The summed E-state index contributed by atoms with van der Waals surface area (Å²) in [5, 5.41) is 0. The Labute approximate surface area is 141 Å². The lowest BCUT2D eigenvalue weighted by molar-refractivity contribution is -0.677. The van der Waals surface area contributed by atoms with Crippen LogP contribution in [-0.2, 0) is 13.6 Å². The quantitative estimate of drug-likeness (QED) is 0.267. The second-order valence-electron chi connectivity index (χ2n) is 5.76. The van der Waals surface area contributed by atoms with Gasteiger partial charge in [0.2, 0.25) is 0 Å². The first kappa shape index (κ1) is 23.7. The van der Waals surface area contributed by atoms with Gasteiger partial charge in [-0.15, -0.1) is 0 Å². The lowest BCUT2D eigenvalue weighted by Gasteiger charge is -2.28. The lowest BCUT2D eigenvalue weighted by atomic mass is 9.80. The summed E-state index contributed by atoms with van der Waals surface area (Å²) in [5.41, 5.74) is 0. The first-order valence-electron chi connectivity index (χ1n) is 7.91. The summed E-state index contributed by atoms with van der Waals surface area (Å²) in [6.45, 7) is -1.60. The third-order valence-corrected chi connectivity index (χ3v) is 3.69. The number of halogens is 8. The van der Waals surface area contributed by atoms with Crippen molar-refractivity contribution in [2.24, 2.45) is 7.05 Å². The molecule has 0 aliphatic carbocycles. The molecule has 0 saturated carbocycles. The molecular formula is C14H23BF8N2. The zero-order valence-electron chi connectivity index (χ0n) is 14.4. The molecular weight excluding hydrogens is 359 g/mol. The van der Waals surface area contributed by atoms with Gasteiger partial charge in [0.25, 0.3) is 5.82 Å². The number of imidazole rings is 1. The van der Waals surface area contributed by atoms with Crippen LogP contribution >= 0.6 is 0 Å². The lowest BCUT2D eigenvalue weighted by Crippen LogP contribution is -2.53. The van der Waals surface area contributed by atoms with Gasteiger partial charge < -0.3 is 12.9 Å². The van der Waals surface area contributed by atoms with E-state index in [0.29, 0.717) is 0 Å². The molecule has 148 valence electrons. The Hall–Kier alpha value is -1.29. The van der Waals surface area contributed by atoms with Crippen molar-refractivity contribution in [2.75, 3.05) is 0 Å². The van der Waals surface area contributed by atoms with Gasteiger partial charge in [0.05, 0.1) is 13.6 Å². The molecule has 1 rings (SSSR count). The zero-order valence-corrected chi connectivity index (χ0v) is 14.4. The van der Waals surface area contributed by atoms with E-state index in [1.165, 1.54) is 44.5 Å². The second-order valence-corrected chi connectivity index (χ2v) is 5.76. The van der Waals surface area contributed by atoms with Gasteiger partial charge in [0.1, 0.15) is 12.4 Å². The number of aromatic nitrogens is 2. The minimum atomic E-state index is -7.21. The first-order valence-corrected chi connectivity index (χ1v) is 7.91. The maximum atomic E-state index is 11.2. The van der Waals surface area contributed by atoms with Gasteiger partial charge in [0.15, 0.2) is 0 Å². The molecule has 0 aliphatic rings. The van der Waals surface area contributed by atoms with Crippen LogP contribution in [0.4, 0.5) is 34.9 Å². The largest absolute Gasteiger partial charge is 0.558 e. The maximum Gasteiger partial charge on any atom is 0.558 e. The Morgan fingerprint density at radius 2 is 1.52 bits per heavy atom. The number of aryl methyl sites for hydroxylation is 2. The summed E-state index contributed by atoms with van der Waals surface area (Å²) in [4.78, 5) is 0. The third kappa shape index (κ3) is 7.23. The van der Waals surface area contributed by atoms with E-state index in [9.17, 15) is 34.9 Å². The van der Waals surface area contributed by atoms with Gasteiger partial charge in [-0.3, -0.25) is 0 Å². The van der Waals surface area contributed by atoms with E-state index in [1.54, 1.807) is 0 Å². The van der Waals surface area contributed by atoms with Crippen LogP contribution in [-0.4, -0.2) is 23.5 Å². The number of hydrogen-bond donors (Lipinski definition) is 0. The summed E-state index contributed by atoms with van der Waals surface area (Å²) >= 11 is 0. The Bertz CT molecular complexity index is 492. The Morgan fingerprint density at radius 1 is 1.00 bits per heavy atom. The molecule has 0 bridgehead atoms. The van der Waals surface area contributed by atoms with Crippen molar-refractivity contribution in [1.82, 2.24) is 4.57 Å². The minimum absolute atomic E-state index is 1.18. The standard InChI is InChI=1S/C12H23N2.C2BF8/c1-4-5-6-7-8-9-14-11-10-13(3)12(14)2;4-1(5,2(6,7)8)3(9,10)11/h10-11H,4-9H2,1-3H3;/q+1;-1. The van der Waals surface area contributed by atoms with Crippen molar-refractivity contribution in [3.05, 3.63) is 18.2 Å². The van der Waals surface area contributed by atoms with Gasteiger partial charge >= 0.3 is 19.0 Å². The predicted octanol–water partition coefficient (Wildman–Crippen LogP) is 5.16. The summed E-state index contributed by atoms with van der Waals surface area (Å²) in [5.74, 6) is -5.21. The van der Waals surface area contributed by atoms with E-state index in [0.717, 1.165) is 0 Å². The fourth-order valence-electron chi connectivity index (χ4n) is 1.91. The van der Waals surface area contributed by atoms with Crippen LogP contribution in [0.15, 0.2) is 12.4 Å². The van der Waals surface area contributed by atoms with Crippen molar-refractivity contribution in [3.63, 3.8) is 0 Å². The van der Waals surface area contributed by atoms with E-state index in [2.05, 4.69) is 42.4 Å². The molecule has 0 N–H and O–H groups in total. The predicted molar refractivity (Wildman–Crippen MR) is 79.2 cm³/mol. The summed E-state index contributed by atoms with van der Waals surface area (Å²) in [7, 11) is 2.10. The van der Waals surface area contributed by atoms with Crippen LogP contribution in [0, 0.1) is 6.92 Å². The van der Waals surface area contributed by atoms with Gasteiger partial charge in [-0.1, -0.05) is 26.2 Å². The molecule has 0 fully saturated rings. The van der Waals surface area contributed by atoms with Crippen LogP contribution in [0.3, 0.4) is 0 Å². The number of nitrogens with zero attached hydrogens (tertiary/aromatic N) is 2. The smallest absolute Gasteiger partial charge is 0.445 e. The van der Waals surface area contributed by atoms with Gasteiger partial charge in [-0.05, 0) is 12.8 Å². The monoisotopic (exact) mass is 382 g/mol. The summed E-state index contributed by atoms with van der Waals surface area (Å²) in [6.07, 6.45) is 4.55. The highest BCUT2D eigenvalue weighted by Gasteiger charge is 2.69. The first-order chi connectivity index (χ1) is 11.3. The van der Waals surface area contributed by atoms with Gasteiger partial charge in [-0.2, -0.15) is 13.2 Å². The van der Waals surface area contributed by atoms with Crippen molar-refractivity contribution < 1.29 is 39.5 Å². The molecule has 0 unspecified atom stereocenters. The molecule has 1 heterocycles. The van der Waals surface area contributed by atoms with E-state index >= 15 is 0 Å². The molecule has 0 aliphatic heterocycles. The molecule has 0 aromatic carbocycles. The molecule has 0 radical (unpaired) electrons. The molecule has 2 nitrogen and oxygen atoms in total. The summed E-state index contributed by atoms with van der Waals surface area (Å²) < 4.78 is 92.3. The van der Waals surface area contributed by atoms with Crippen LogP contribution in [0.25, 0.3) is 0 Å². The highest BCUT2D eigenvalue weighted by Crippen LogP contribution is 2.43. The van der Waals surface area contributed by atoms with Crippen molar-refractivity contribution >= 4 is 6.98 Å². The number of rotatable bonds is 7. The average molecular weight is 382 g/mol. The van der Waals surface area contributed by atoms with Crippen molar-refractivity contribution in [2.45, 2.75) is 64.5 Å².